The number of hydrogen-bond donors (Lipinski definition) is 1. The first-order chi connectivity index (χ1) is 7.72. The Bertz CT molecular complexity index is 661. The van der Waals surface area contributed by atoms with Gasteiger partial charge < -0.3 is 4.98 Å². The summed E-state index contributed by atoms with van der Waals surface area (Å²) in [7, 11) is 0. The zero-order chi connectivity index (χ0) is 11.1. The molecule has 3 nitrogen and oxygen atoms in total. The zero-order valence-corrected chi connectivity index (χ0v) is 12.4. The van der Waals surface area contributed by atoms with E-state index in [0.29, 0.717) is 0 Å². The summed E-state index contributed by atoms with van der Waals surface area (Å²) in [6.07, 6.45) is 1.75. The molecule has 0 aliphatic heterocycles. The smallest absolute Gasteiger partial charge is 0.178 e. The molecule has 0 saturated carbocycles. The average molecular weight is 406 g/mol. The highest BCUT2D eigenvalue weighted by Crippen LogP contribution is 2.26. The summed E-state index contributed by atoms with van der Waals surface area (Å²) < 4.78 is 2.21. The van der Waals surface area contributed by atoms with Crippen LogP contribution in [0, 0.1) is 2.88 Å². The van der Waals surface area contributed by atoms with Gasteiger partial charge >= 0.3 is 0 Å². The molecular weight excluding hydrogens is 401 g/mol. The number of nitrogens with one attached hydrogen (secondary N) is 1. The van der Waals surface area contributed by atoms with Crippen LogP contribution >= 0.6 is 49.9 Å². The van der Waals surface area contributed by atoms with Gasteiger partial charge in [0.15, 0.2) is 5.65 Å². The van der Waals surface area contributed by atoms with Crippen LogP contribution in [0.4, 0.5) is 0 Å². The van der Waals surface area contributed by atoms with E-state index in [4.69, 9.17) is 0 Å². The monoisotopic (exact) mass is 405 g/mol. The molecule has 0 spiro atoms. The van der Waals surface area contributed by atoms with Gasteiger partial charge in [-0.2, -0.15) is 0 Å². The third-order valence-electron chi connectivity index (χ3n) is 2.14. The van der Waals surface area contributed by atoms with Crippen LogP contribution in [0.25, 0.3) is 22.6 Å². The number of nitrogens with zero attached hydrogens (tertiary/aromatic N) is 2. The first kappa shape index (κ1) is 10.7. The lowest BCUT2D eigenvalue weighted by molar-refractivity contribution is 1.30. The first-order valence-electron chi connectivity index (χ1n) is 4.48. The largest absolute Gasteiger partial charge is 0.337 e. The Morgan fingerprint density at radius 2 is 2.25 bits per heavy atom. The number of fused-ring (bicyclic) bond motifs is 1. The summed E-state index contributed by atoms with van der Waals surface area (Å²) in [6, 6.07) is 4.09. The molecule has 0 unspecified atom stereocenters. The Morgan fingerprint density at radius 1 is 1.38 bits per heavy atom. The number of imidazole rings is 1. The molecule has 3 aromatic rings. The third-order valence-corrected chi connectivity index (χ3v) is 4.37. The second-order valence-electron chi connectivity index (χ2n) is 3.25. The Balaban J connectivity index is 2.18. The molecule has 6 heteroatoms. The van der Waals surface area contributed by atoms with Crippen LogP contribution in [0.2, 0.25) is 0 Å². The number of hydrogen-bond acceptors (Lipinski definition) is 3. The molecule has 3 aromatic heterocycles. The SMILES string of the molecule is Brc1cnc2nc(-c3csc(I)c3)[nH]c2c1. The van der Waals surface area contributed by atoms with Crippen molar-refractivity contribution in [3.8, 4) is 11.4 Å². The Labute approximate surface area is 118 Å². The van der Waals surface area contributed by atoms with Crippen LogP contribution in [-0.4, -0.2) is 15.0 Å². The molecule has 0 aliphatic rings. The van der Waals surface area contributed by atoms with Gasteiger partial charge in [0.1, 0.15) is 5.82 Å². The molecule has 0 fully saturated rings. The summed E-state index contributed by atoms with van der Waals surface area (Å²) in [6.45, 7) is 0. The maximum atomic E-state index is 4.45. The van der Waals surface area contributed by atoms with Gasteiger partial charge in [0.2, 0.25) is 0 Å². The summed E-state index contributed by atoms with van der Waals surface area (Å²) in [5, 5.41) is 2.09. The average Bonchev–Trinajstić information content (AvgIpc) is 2.83. The van der Waals surface area contributed by atoms with E-state index in [1.54, 1.807) is 17.5 Å². The molecular formula is C10H5BrIN3S. The summed E-state index contributed by atoms with van der Waals surface area (Å²) in [5.41, 5.74) is 2.81. The molecule has 0 saturated heterocycles. The summed E-state index contributed by atoms with van der Waals surface area (Å²) >= 11 is 7.41. The maximum absolute atomic E-state index is 4.45. The molecule has 1 N–H and O–H groups in total. The highest BCUT2D eigenvalue weighted by molar-refractivity contribution is 14.1. The number of thiophene rings is 1. The van der Waals surface area contributed by atoms with Crippen molar-refractivity contribution in [3.05, 3.63) is 31.1 Å². The fourth-order valence-electron chi connectivity index (χ4n) is 1.45. The molecule has 0 amide bonds. The number of halogens is 2. The van der Waals surface area contributed by atoms with Crippen LogP contribution in [-0.2, 0) is 0 Å². The van der Waals surface area contributed by atoms with Crippen LogP contribution in [0.15, 0.2) is 28.2 Å². The number of aromatic amines is 1. The van der Waals surface area contributed by atoms with Gasteiger partial charge in [0.05, 0.1) is 8.40 Å². The van der Waals surface area contributed by atoms with E-state index >= 15 is 0 Å². The lowest BCUT2D eigenvalue weighted by Gasteiger charge is -1.87. The Hall–Kier alpha value is -0.470. The number of rotatable bonds is 1. The third kappa shape index (κ3) is 1.89. The van der Waals surface area contributed by atoms with Crippen molar-refractivity contribution in [2.45, 2.75) is 0 Å². The topological polar surface area (TPSA) is 41.6 Å². The fraction of sp³-hybridized carbons (Fsp3) is 0. The van der Waals surface area contributed by atoms with Crippen molar-refractivity contribution in [2.75, 3.05) is 0 Å². The highest BCUT2D eigenvalue weighted by Gasteiger charge is 2.07. The maximum Gasteiger partial charge on any atom is 0.178 e. The van der Waals surface area contributed by atoms with Crippen LogP contribution in [0.1, 0.15) is 0 Å². The van der Waals surface area contributed by atoms with E-state index in [9.17, 15) is 0 Å². The Kier molecular flexibility index (Phi) is 2.72. The van der Waals surface area contributed by atoms with E-state index in [0.717, 1.165) is 27.0 Å². The van der Waals surface area contributed by atoms with Gasteiger partial charge in [-0.3, -0.25) is 0 Å². The minimum absolute atomic E-state index is 0.749. The van der Waals surface area contributed by atoms with E-state index in [1.807, 2.05) is 6.07 Å². The van der Waals surface area contributed by atoms with Crippen LogP contribution in [0.3, 0.4) is 0 Å². The molecule has 0 atom stereocenters. The fourth-order valence-corrected chi connectivity index (χ4v) is 3.11. The zero-order valence-electron chi connectivity index (χ0n) is 7.87. The van der Waals surface area contributed by atoms with Gasteiger partial charge in [-0.05, 0) is 50.7 Å². The van der Waals surface area contributed by atoms with Gasteiger partial charge in [0, 0.05) is 21.6 Å². The van der Waals surface area contributed by atoms with Gasteiger partial charge in [-0.25, -0.2) is 9.97 Å². The summed E-state index contributed by atoms with van der Waals surface area (Å²) in [4.78, 5) is 12.0. The van der Waals surface area contributed by atoms with Crippen LogP contribution in [0.5, 0.6) is 0 Å². The quantitative estimate of drug-likeness (QED) is 0.620. The second kappa shape index (κ2) is 4.08. The van der Waals surface area contributed by atoms with Gasteiger partial charge in [-0.1, -0.05) is 0 Å². The predicted octanol–water partition coefficient (Wildman–Crippen LogP) is 4.05. The summed E-state index contributed by atoms with van der Waals surface area (Å²) in [5.74, 6) is 0.875. The second-order valence-corrected chi connectivity index (χ2v) is 6.97. The molecule has 3 heterocycles. The minimum Gasteiger partial charge on any atom is -0.337 e. The predicted molar refractivity (Wildman–Crippen MR) is 77.6 cm³/mol. The van der Waals surface area contributed by atoms with Crippen molar-refractivity contribution < 1.29 is 0 Å². The molecule has 80 valence electrons. The number of aromatic nitrogens is 3. The van der Waals surface area contributed by atoms with E-state index in [2.05, 4.69) is 64.9 Å². The van der Waals surface area contributed by atoms with E-state index in [-0.39, 0.29) is 0 Å². The number of H-pyrrole nitrogens is 1. The highest BCUT2D eigenvalue weighted by atomic mass is 127. The first-order valence-corrected chi connectivity index (χ1v) is 7.23. The van der Waals surface area contributed by atoms with Crippen molar-refractivity contribution in [1.29, 1.82) is 0 Å². The van der Waals surface area contributed by atoms with Gasteiger partial charge in [-0.15, -0.1) is 11.3 Å². The molecule has 0 bridgehead atoms. The lowest BCUT2D eigenvalue weighted by atomic mass is 10.3. The molecule has 0 aromatic carbocycles. The molecule has 16 heavy (non-hydrogen) atoms. The molecule has 0 radical (unpaired) electrons. The Morgan fingerprint density at radius 3 is 3.00 bits per heavy atom. The van der Waals surface area contributed by atoms with E-state index < -0.39 is 0 Å². The lowest BCUT2D eigenvalue weighted by Crippen LogP contribution is -1.75. The van der Waals surface area contributed by atoms with Crippen LogP contribution < -0.4 is 0 Å². The van der Waals surface area contributed by atoms with Crippen molar-refractivity contribution in [1.82, 2.24) is 15.0 Å². The molecule has 0 aliphatic carbocycles. The van der Waals surface area contributed by atoms with Crippen molar-refractivity contribution in [3.63, 3.8) is 0 Å². The van der Waals surface area contributed by atoms with Crippen molar-refractivity contribution >= 4 is 61.0 Å². The van der Waals surface area contributed by atoms with Crippen molar-refractivity contribution in [2.24, 2.45) is 0 Å². The van der Waals surface area contributed by atoms with E-state index in [1.165, 1.54) is 2.88 Å². The van der Waals surface area contributed by atoms with Gasteiger partial charge in [0.25, 0.3) is 0 Å². The number of pyridine rings is 1. The normalized spacial score (nSPS) is 11.1. The minimum atomic E-state index is 0.749. The standard InChI is InChI=1S/C10H5BrIN3S/c11-6-2-7-10(13-3-6)15-9(14-7)5-1-8(12)16-4-5/h1-4H,(H,13,14,15). The molecule has 3 rings (SSSR count).